The molecule has 2 aromatic heterocycles. The van der Waals surface area contributed by atoms with Crippen molar-refractivity contribution in [3.05, 3.63) is 70.3 Å². The molecule has 1 N–H and O–H groups in total. The molecule has 130 valence electrons. The highest BCUT2D eigenvalue weighted by atomic mass is 32.1. The Labute approximate surface area is 155 Å². The fourth-order valence-corrected chi connectivity index (χ4v) is 3.97. The van der Waals surface area contributed by atoms with Crippen molar-refractivity contribution in [2.45, 2.75) is 19.8 Å². The summed E-state index contributed by atoms with van der Waals surface area (Å²) in [5, 5.41) is 9.38. The average molecular weight is 361 g/mol. The summed E-state index contributed by atoms with van der Waals surface area (Å²) in [6, 6.07) is 14.0. The van der Waals surface area contributed by atoms with Crippen molar-refractivity contribution < 1.29 is 4.79 Å². The Morgan fingerprint density at radius 2 is 2.00 bits per heavy atom. The van der Waals surface area contributed by atoms with Crippen LogP contribution in [0.15, 0.2) is 54.0 Å². The number of nitrogens with one attached hydrogen (secondary N) is 1. The van der Waals surface area contributed by atoms with Gasteiger partial charge in [-0.25, -0.2) is 4.98 Å². The number of aryl methyl sites for hydroxylation is 2. The predicted octanol–water partition coefficient (Wildman–Crippen LogP) is 4.52. The summed E-state index contributed by atoms with van der Waals surface area (Å²) in [4.78, 5) is 21.7. The maximum atomic E-state index is 12.8. The number of aromatic nitrogens is 2. The van der Waals surface area contributed by atoms with Crippen LogP contribution in [0.25, 0.3) is 21.7 Å². The molecule has 0 aliphatic carbocycles. The lowest BCUT2D eigenvalue weighted by Gasteiger charge is -2.10. The number of fused-ring (bicyclic) bond motifs is 3. The monoisotopic (exact) mass is 361 g/mol. The number of hydrogen-bond acceptors (Lipinski definition) is 4. The van der Waals surface area contributed by atoms with Crippen LogP contribution in [0.1, 0.15) is 27.5 Å². The van der Waals surface area contributed by atoms with Gasteiger partial charge in [-0.1, -0.05) is 30.3 Å². The summed E-state index contributed by atoms with van der Waals surface area (Å²) >= 11 is 1.67. The zero-order valence-electron chi connectivity index (χ0n) is 14.5. The van der Waals surface area contributed by atoms with E-state index in [1.807, 2.05) is 43.3 Å². The smallest absolute Gasteiger partial charge is 0.253 e. The molecule has 0 unspecified atom stereocenters. The highest BCUT2D eigenvalue weighted by molar-refractivity contribution is 7.09. The number of thiazole rings is 1. The minimum absolute atomic E-state index is 0.0743. The van der Waals surface area contributed by atoms with Gasteiger partial charge in [0.15, 0.2) is 0 Å². The highest BCUT2D eigenvalue weighted by Crippen LogP contribution is 2.27. The van der Waals surface area contributed by atoms with Gasteiger partial charge in [0.05, 0.1) is 16.1 Å². The molecule has 0 saturated carbocycles. The van der Waals surface area contributed by atoms with E-state index in [2.05, 4.69) is 26.7 Å². The van der Waals surface area contributed by atoms with E-state index >= 15 is 0 Å². The first-order chi connectivity index (χ1) is 12.7. The van der Waals surface area contributed by atoms with E-state index in [0.29, 0.717) is 12.1 Å². The standard InChI is InChI=1S/C21H19N3OS/c1-14-13-26-19(24-14)9-5-11-23-21(25)18-12-15-6-2-3-7-16(15)17-8-4-10-22-20(17)18/h2-4,6-8,10,12-13H,5,9,11H2,1H3,(H,23,25). The van der Waals surface area contributed by atoms with Crippen LogP contribution in [0.5, 0.6) is 0 Å². The number of nitrogens with zero attached hydrogens (tertiary/aromatic N) is 2. The number of hydrogen-bond donors (Lipinski definition) is 1. The van der Waals surface area contributed by atoms with Crippen molar-refractivity contribution in [1.29, 1.82) is 0 Å². The fourth-order valence-electron chi connectivity index (χ4n) is 3.16. The lowest BCUT2D eigenvalue weighted by Crippen LogP contribution is -2.25. The Hall–Kier alpha value is -2.79. The Bertz CT molecular complexity index is 1090. The Morgan fingerprint density at radius 1 is 1.15 bits per heavy atom. The minimum atomic E-state index is -0.0743. The van der Waals surface area contributed by atoms with Crippen LogP contribution in [-0.2, 0) is 6.42 Å². The molecule has 0 spiro atoms. The van der Waals surface area contributed by atoms with E-state index in [-0.39, 0.29) is 5.91 Å². The van der Waals surface area contributed by atoms with Gasteiger partial charge in [-0.3, -0.25) is 9.78 Å². The van der Waals surface area contributed by atoms with Crippen LogP contribution in [-0.4, -0.2) is 22.4 Å². The van der Waals surface area contributed by atoms with Crippen LogP contribution in [0.4, 0.5) is 0 Å². The van der Waals surface area contributed by atoms with E-state index in [9.17, 15) is 4.79 Å². The van der Waals surface area contributed by atoms with Gasteiger partial charge in [0.25, 0.3) is 5.91 Å². The summed E-state index contributed by atoms with van der Waals surface area (Å²) in [6.45, 7) is 2.62. The van der Waals surface area contributed by atoms with Crippen molar-refractivity contribution in [3.63, 3.8) is 0 Å². The highest BCUT2D eigenvalue weighted by Gasteiger charge is 2.13. The van der Waals surface area contributed by atoms with Crippen LogP contribution in [0, 0.1) is 6.92 Å². The molecule has 0 aliphatic rings. The van der Waals surface area contributed by atoms with E-state index in [4.69, 9.17) is 0 Å². The van der Waals surface area contributed by atoms with Gasteiger partial charge in [0.1, 0.15) is 0 Å². The zero-order valence-corrected chi connectivity index (χ0v) is 15.3. The van der Waals surface area contributed by atoms with Crippen LogP contribution in [0.3, 0.4) is 0 Å². The van der Waals surface area contributed by atoms with Gasteiger partial charge < -0.3 is 5.32 Å². The molecular weight excluding hydrogens is 342 g/mol. The molecule has 0 aliphatic heterocycles. The molecule has 0 radical (unpaired) electrons. The molecule has 0 saturated heterocycles. The molecule has 5 heteroatoms. The Kier molecular flexibility index (Phi) is 4.63. The van der Waals surface area contributed by atoms with Gasteiger partial charge >= 0.3 is 0 Å². The van der Waals surface area contributed by atoms with Crippen molar-refractivity contribution in [2.75, 3.05) is 6.54 Å². The first kappa shape index (κ1) is 16.7. The second-order valence-corrected chi connectivity index (χ2v) is 7.23. The molecule has 1 amide bonds. The van der Waals surface area contributed by atoms with Crippen LogP contribution < -0.4 is 5.32 Å². The molecule has 26 heavy (non-hydrogen) atoms. The van der Waals surface area contributed by atoms with E-state index in [1.54, 1.807) is 17.5 Å². The maximum absolute atomic E-state index is 12.8. The first-order valence-electron chi connectivity index (χ1n) is 8.68. The summed E-state index contributed by atoms with van der Waals surface area (Å²) in [6.07, 6.45) is 3.49. The average Bonchev–Trinajstić information content (AvgIpc) is 3.09. The van der Waals surface area contributed by atoms with Gasteiger partial charge in [-0.2, -0.15) is 0 Å². The van der Waals surface area contributed by atoms with E-state index in [1.165, 1.54) is 0 Å². The predicted molar refractivity (Wildman–Crippen MR) is 107 cm³/mol. The Morgan fingerprint density at radius 3 is 2.85 bits per heavy atom. The normalized spacial score (nSPS) is 11.1. The molecule has 0 fully saturated rings. The molecule has 4 aromatic rings. The number of benzene rings is 2. The summed E-state index contributed by atoms with van der Waals surface area (Å²) in [5.41, 5.74) is 2.44. The zero-order chi connectivity index (χ0) is 17.9. The van der Waals surface area contributed by atoms with Crippen molar-refractivity contribution in [2.24, 2.45) is 0 Å². The lowest BCUT2D eigenvalue weighted by atomic mass is 10.0. The van der Waals surface area contributed by atoms with Gasteiger partial charge in [0, 0.05) is 35.6 Å². The van der Waals surface area contributed by atoms with E-state index in [0.717, 1.165) is 45.2 Å². The molecule has 2 aromatic carbocycles. The summed E-state index contributed by atoms with van der Waals surface area (Å²) in [5.74, 6) is -0.0743. The largest absolute Gasteiger partial charge is 0.352 e. The minimum Gasteiger partial charge on any atom is -0.352 e. The second kappa shape index (κ2) is 7.22. The summed E-state index contributed by atoms with van der Waals surface area (Å²) in [7, 11) is 0. The van der Waals surface area contributed by atoms with Crippen molar-refractivity contribution in [1.82, 2.24) is 15.3 Å². The van der Waals surface area contributed by atoms with Gasteiger partial charge in [-0.05, 0) is 36.2 Å². The van der Waals surface area contributed by atoms with Crippen LogP contribution in [0.2, 0.25) is 0 Å². The lowest BCUT2D eigenvalue weighted by molar-refractivity contribution is 0.0955. The topological polar surface area (TPSA) is 54.9 Å². The van der Waals surface area contributed by atoms with E-state index < -0.39 is 0 Å². The Balaban J connectivity index is 1.54. The SMILES string of the molecule is Cc1csc(CCCNC(=O)c2cc3ccccc3c3cccnc23)n1. The summed E-state index contributed by atoms with van der Waals surface area (Å²) < 4.78 is 0. The molecule has 4 nitrogen and oxygen atoms in total. The number of pyridine rings is 1. The molecule has 0 atom stereocenters. The molecule has 0 bridgehead atoms. The number of carbonyl (C=O) groups is 1. The van der Waals surface area contributed by atoms with Crippen molar-refractivity contribution >= 4 is 38.9 Å². The number of amides is 1. The maximum Gasteiger partial charge on any atom is 0.253 e. The van der Waals surface area contributed by atoms with Gasteiger partial charge in [0.2, 0.25) is 0 Å². The van der Waals surface area contributed by atoms with Crippen molar-refractivity contribution in [3.8, 4) is 0 Å². The molecule has 4 rings (SSSR count). The number of rotatable bonds is 5. The number of carbonyl (C=O) groups excluding carboxylic acids is 1. The third kappa shape index (κ3) is 3.30. The quantitative estimate of drug-likeness (QED) is 0.420. The fraction of sp³-hybridized carbons (Fsp3) is 0.190. The second-order valence-electron chi connectivity index (χ2n) is 6.29. The third-order valence-corrected chi connectivity index (χ3v) is 5.40. The van der Waals surface area contributed by atoms with Crippen LogP contribution >= 0.6 is 11.3 Å². The molecular formula is C21H19N3OS. The third-order valence-electron chi connectivity index (χ3n) is 4.38. The van der Waals surface area contributed by atoms with Gasteiger partial charge in [-0.15, -0.1) is 11.3 Å². The first-order valence-corrected chi connectivity index (χ1v) is 9.56. The molecule has 2 heterocycles.